The van der Waals surface area contributed by atoms with Gasteiger partial charge in [-0.15, -0.1) is 0 Å². The number of hydrogen-bond acceptors (Lipinski definition) is 2. The van der Waals surface area contributed by atoms with Crippen LogP contribution in [0.1, 0.15) is 35.9 Å². The molecule has 2 rings (SSSR count). The van der Waals surface area contributed by atoms with Crippen molar-refractivity contribution in [1.82, 2.24) is 20.4 Å². The zero-order valence-electron chi connectivity index (χ0n) is 16.9. The second kappa shape index (κ2) is 10.6. The molecule has 0 bridgehead atoms. The maximum Gasteiger partial charge on any atom is 0.416 e. The van der Waals surface area contributed by atoms with Gasteiger partial charge in [0.2, 0.25) is 0 Å². The van der Waals surface area contributed by atoms with E-state index >= 15 is 0 Å². The van der Waals surface area contributed by atoms with Gasteiger partial charge in [0, 0.05) is 30.9 Å². The third kappa shape index (κ3) is 7.53. The van der Waals surface area contributed by atoms with Crippen LogP contribution in [0.15, 0.2) is 35.3 Å². The van der Waals surface area contributed by atoms with Crippen LogP contribution >= 0.6 is 0 Å². The summed E-state index contributed by atoms with van der Waals surface area (Å²) in [5.41, 5.74) is 1.75. The van der Waals surface area contributed by atoms with Gasteiger partial charge in [-0.2, -0.15) is 18.3 Å². The lowest BCUT2D eigenvalue weighted by Gasteiger charge is -2.09. The molecule has 1 heterocycles. The molecule has 0 saturated heterocycles. The maximum atomic E-state index is 12.7. The van der Waals surface area contributed by atoms with E-state index in [1.165, 1.54) is 6.07 Å². The summed E-state index contributed by atoms with van der Waals surface area (Å²) >= 11 is 0. The second-order valence-corrected chi connectivity index (χ2v) is 6.50. The molecule has 0 aliphatic rings. The lowest BCUT2D eigenvalue weighted by atomic mass is 10.1. The SMILES string of the molecule is CCNC(=NCCCn1nc(C)cc1C)NCC#Cc1cccc(C(F)(F)F)c1. The van der Waals surface area contributed by atoms with Crippen LogP contribution in [0, 0.1) is 25.7 Å². The summed E-state index contributed by atoms with van der Waals surface area (Å²) < 4.78 is 40.2. The quantitative estimate of drug-likeness (QED) is 0.335. The van der Waals surface area contributed by atoms with Crippen LogP contribution in [0.2, 0.25) is 0 Å². The Hall–Kier alpha value is -2.95. The summed E-state index contributed by atoms with van der Waals surface area (Å²) in [6, 6.07) is 7.03. The fraction of sp³-hybridized carbons (Fsp3) is 0.429. The number of alkyl halides is 3. The van der Waals surface area contributed by atoms with Crippen molar-refractivity contribution in [2.75, 3.05) is 19.6 Å². The van der Waals surface area contributed by atoms with Crippen molar-refractivity contribution >= 4 is 5.96 Å². The van der Waals surface area contributed by atoms with Gasteiger partial charge < -0.3 is 10.6 Å². The topological polar surface area (TPSA) is 54.2 Å². The van der Waals surface area contributed by atoms with Crippen LogP contribution in [0.3, 0.4) is 0 Å². The highest BCUT2D eigenvalue weighted by atomic mass is 19.4. The summed E-state index contributed by atoms with van der Waals surface area (Å²) in [5.74, 6) is 6.20. The molecule has 156 valence electrons. The van der Waals surface area contributed by atoms with Gasteiger partial charge in [-0.1, -0.05) is 17.9 Å². The predicted molar refractivity (Wildman–Crippen MR) is 109 cm³/mol. The minimum atomic E-state index is -4.37. The van der Waals surface area contributed by atoms with Gasteiger partial charge in [0.25, 0.3) is 0 Å². The molecule has 2 aromatic rings. The molecular formula is C21H26F3N5. The van der Waals surface area contributed by atoms with Gasteiger partial charge in [0.1, 0.15) is 0 Å². The number of nitrogens with one attached hydrogen (secondary N) is 2. The number of halogens is 3. The van der Waals surface area contributed by atoms with Crippen LogP contribution < -0.4 is 10.6 Å². The summed E-state index contributed by atoms with van der Waals surface area (Å²) in [5, 5.41) is 10.6. The molecule has 0 atom stereocenters. The van der Waals surface area contributed by atoms with Crippen molar-refractivity contribution in [3.63, 3.8) is 0 Å². The van der Waals surface area contributed by atoms with Crippen LogP contribution in [0.4, 0.5) is 13.2 Å². The highest BCUT2D eigenvalue weighted by Gasteiger charge is 2.30. The first-order valence-corrected chi connectivity index (χ1v) is 9.49. The minimum Gasteiger partial charge on any atom is -0.357 e. The molecular weight excluding hydrogens is 379 g/mol. The van der Waals surface area contributed by atoms with Crippen molar-refractivity contribution in [3.8, 4) is 11.8 Å². The van der Waals surface area contributed by atoms with Crippen molar-refractivity contribution in [2.45, 2.75) is 39.9 Å². The van der Waals surface area contributed by atoms with Gasteiger partial charge >= 0.3 is 6.18 Å². The zero-order chi connectivity index (χ0) is 21.3. The minimum absolute atomic E-state index is 0.277. The maximum absolute atomic E-state index is 12.7. The molecule has 0 aliphatic heterocycles. The summed E-state index contributed by atoms with van der Waals surface area (Å²) in [6.07, 6.45) is -3.53. The smallest absolute Gasteiger partial charge is 0.357 e. The van der Waals surface area contributed by atoms with Gasteiger partial charge in [-0.05, 0) is 51.5 Å². The number of hydrogen-bond donors (Lipinski definition) is 2. The summed E-state index contributed by atoms with van der Waals surface area (Å²) in [6.45, 7) is 8.34. The number of aryl methyl sites for hydroxylation is 3. The van der Waals surface area contributed by atoms with E-state index in [1.54, 1.807) is 6.07 Å². The van der Waals surface area contributed by atoms with E-state index in [-0.39, 0.29) is 6.54 Å². The fourth-order valence-electron chi connectivity index (χ4n) is 2.70. The molecule has 0 aliphatic carbocycles. The Morgan fingerprint density at radius 3 is 2.66 bits per heavy atom. The molecule has 1 aromatic carbocycles. The molecule has 0 unspecified atom stereocenters. The molecule has 8 heteroatoms. The average molecular weight is 405 g/mol. The fourth-order valence-corrected chi connectivity index (χ4v) is 2.70. The molecule has 0 spiro atoms. The molecule has 0 saturated carbocycles. The lowest BCUT2D eigenvalue weighted by molar-refractivity contribution is -0.137. The first-order chi connectivity index (χ1) is 13.8. The molecule has 1 aromatic heterocycles. The van der Waals surface area contributed by atoms with Crippen molar-refractivity contribution in [3.05, 3.63) is 52.8 Å². The van der Waals surface area contributed by atoms with Crippen LogP contribution in [0.25, 0.3) is 0 Å². The Labute approximate surface area is 169 Å². The average Bonchev–Trinajstić information content (AvgIpc) is 2.99. The largest absolute Gasteiger partial charge is 0.416 e. The second-order valence-electron chi connectivity index (χ2n) is 6.50. The molecule has 5 nitrogen and oxygen atoms in total. The Morgan fingerprint density at radius 2 is 2.00 bits per heavy atom. The first-order valence-electron chi connectivity index (χ1n) is 9.49. The lowest BCUT2D eigenvalue weighted by Crippen LogP contribution is -2.37. The Kier molecular flexibility index (Phi) is 8.13. The van der Waals surface area contributed by atoms with Crippen LogP contribution in [-0.4, -0.2) is 35.4 Å². The Bertz CT molecular complexity index is 888. The van der Waals surface area contributed by atoms with E-state index in [9.17, 15) is 13.2 Å². The number of benzene rings is 1. The Morgan fingerprint density at radius 1 is 1.21 bits per heavy atom. The first kappa shape index (κ1) is 22.3. The monoisotopic (exact) mass is 405 g/mol. The van der Waals surface area contributed by atoms with E-state index in [0.717, 1.165) is 36.5 Å². The number of aromatic nitrogens is 2. The third-order valence-electron chi connectivity index (χ3n) is 4.01. The zero-order valence-corrected chi connectivity index (χ0v) is 16.9. The van der Waals surface area contributed by atoms with Crippen molar-refractivity contribution in [1.29, 1.82) is 0 Å². The van der Waals surface area contributed by atoms with E-state index < -0.39 is 11.7 Å². The third-order valence-corrected chi connectivity index (χ3v) is 4.01. The van der Waals surface area contributed by atoms with E-state index in [1.807, 2.05) is 31.5 Å². The van der Waals surface area contributed by atoms with E-state index in [2.05, 4.69) is 32.6 Å². The van der Waals surface area contributed by atoms with E-state index in [0.29, 0.717) is 24.6 Å². The van der Waals surface area contributed by atoms with Crippen molar-refractivity contribution in [2.24, 2.45) is 4.99 Å². The molecule has 29 heavy (non-hydrogen) atoms. The molecule has 0 radical (unpaired) electrons. The van der Waals surface area contributed by atoms with Gasteiger partial charge in [-0.25, -0.2) is 0 Å². The predicted octanol–water partition coefficient (Wildman–Crippen LogP) is 3.52. The van der Waals surface area contributed by atoms with Crippen molar-refractivity contribution < 1.29 is 13.2 Å². The summed E-state index contributed by atoms with van der Waals surface area (Å²) in [7, 11) is 0. The Balaban J connectivity index is 1.85. The molecule has 0 fully saturated rings. The molecule has 0 amide bonds. The van der Waals surface area contributed by atoms with Gasteiger partial charge in [-0.3, -0.25) is 9.67 Å². The number of guanidine groups is 1. The van der Waals surface area contributed by atoms with Gasteiger partial charge in [0.15, 0.2) is 5.96 Å². The normalized spacial score (nSPS) is 11.7. The number of rotatable bonds is 6. The summed E-state index contributed by atoms with van der Waals surface area (Å²) in [4.78, 5) is 4.49. The highest BCUT2D eigenvalue weighted by molar-refractivity contribution is 5.80. The van der Waals surface area contributed by atoms with E-state index in [4.69, 9.17) is 0 Å². The highest BCUT2D eigenvalue weighted by Crippen LogP contribution is 2.29. The number of aliphatic imine (C=N–C) groups is 1. The van der Waals surface area contributed by atoms with Gasteiger partial charge in [0.05, 0.1) is 17.8 Å². The number of nitrogens with zero attached hydrogens (tertiary/aromatic N) is 3. The molecule has 2 N–H and O–H groups in total. The standard InChI is InChI=1S/C21H26F3N5/c1-4-25-20(27-12-7-13-29-17(3)14-16(2)28-29)26-11-6-9-18-8-5-10-19(15-18)21(22,23)24/h5,8,10,14-15H,4,7,11-13H2,1-3H3,(H2,25,26,27). The van der Waals surface area contributed by atoms with Crippen LogP contribution in [-0.2, 0) is 12.7 Å². The van der Waals surface area contributed by atoms with Crippen LogP contribution in [0.5, 0.6) is 0 Å².